The van der Waals surface area contributed by atoms with Gasteiger partial charge in [-0.1, -0.05) is 117 Å². The Morgan fingerprint density at radius 3 is 1.55 bits per heavy atom. The maximum Gasteiger partial charge on any atom is 0.222 e. The third-order valence-electron chi connectivity index (χ3n) is 6.17. The molecule has 186 valence electrons. The quantitative estimate of drug-likeness (QED) is 0.154. The Bertz CT molecular complexity index is 392. The van der Waals surface area contributed by atoms with Crippen LogP contribution in [0.1, 0.15) is 136 Å². The molecule has 0 aromatic carbocycles. The van der Waals surface area contributed by atoms with E-state index in [9.17, 15) is 20.1 Å². The number of unbranched alkanes of at least 4 members (excludes halogenated alkanes) is 14. The summed E-state index contributed by atoms with van der Waals surface area (Å²) in [6.45, 7) is 4.16. The molecule has 0 aliphatic carbocycles. The van der Waals surface area contributed by atoms with Crippen LogP contribution in [-0.4, -0.2) is 46.1 Å². The van der Waals surface area contributed by atoms with E-state index in [4.69, 9.17) is 0 Å². The van der Waals surface area contributed by atoms with Crippen molar-refractivity contribution in [3.63, 3.8) is 0 Å². The van der Waals surface area contributed by atoms with Crippen LogP contribution in [0.2, 0.25) is 0 Å². The molecular formula is C26H53NO4. The zero-order valence-electron chi connectivity index (χ0n) is 20.6. The van der Waals surface area contributed by atoms with E-state index in [1.807, 2.05) is 0 Å². The molecule has 0 saturated heterocycles. The lowest BCUT2D eigenvalue weighted by molar-refractivity contribution is -0.125. The Morgan fingerprint density at radius 1 is 0.677 bits per heavy atom. The zero-order valence-corrected chi connectivity index (χ0v) is 20.6. The molecule has 5 heteroatoms. The maximum absolute atomic E-state index is 12.2. The van der Waals surface area contributed by atoms with Crippen molar-refractivity contribution in [3.05, 3.63) is 0 Å². The van der Waals surface area contributed by atoms with E-state index in [2.05, 4.69) is 19.2 Å². The Balaban J connectivity index is 3.81. The van der Waals surface area contributed by atoms with Gasteiger partial charge in [0.25, 0.3) is 0 Å². The minimum Gasteiger partial charge on any atom is -0.394 e. The van der Waals surface area contributed by atoms with E-state index < -0.39 is 18.2 Å². The molecule has 3 unspecified atom stereocenters. The number of hydrogen-bond acceptors (Lipinski definition) is 4. The molecule has 0 heterocycles. The average molecular weight is 444 g/mol. The molecule has 0 bridgehead atoms. The van der Waals surface area contributed by atoms with Gasteiger partial charge in [0.2, 0.25) is 5.91 Å². The van der Waals surface area contributed by atoms with Crippen LogP contribution < -0.4 is 5.32 Å². The first-order chi connectivity index (χ1) is 15.0. The number of carbonyl (C=O) groups is 1. The second kappa shape index (κ2) is 22.5. The Kier molecular flexibility index (Phi) is 22.1. The lowest BCUT2D eigenvalue weighted by Gasteiger charge is -2.23. The molecule has 5 nitrogen and oxygen atoms in total. The first-order valence-corrected chi connectivity index (χ1v) is 13.3. The number of amides is 1. The van der Waals surface area contributed by atoms with Gasteiger partial charge in [0, 0.05) is 0 Å². The molecule has 0 radical (unpaired) electrons. The summed E-state index contributed by atoms with van der Waals surface area (Å²) in [7, 11) is 0. The summed E-state index contributed by atoms with van der Waals surface area (Å²) in [6.07, 6.45) is 19.1. The highest BCUT2D eigenvalue weighted by atomic mass is 16.3. The van der Waals surface area contributed by atoms with Crippen LogP contribution >= 0.6 is 0 Å². The van der Waals surface area contributed by atoms with E-state index >= 15 is 0 Å². The summed E-state index contributed by atoms with van der Waals surface area (Å²) in [4.78, 5) is 12.2. The second-order valence-corrected chi connectivity index (χ2v) is 9.31. The van der Waals surface area contributed by atoms with Gasteiger partial charge in [-0.15, -0.1) is 0 Å². The van der Waals surface area contributed by atoms with E-state index in [-0.39, 0.29) is 18.9 Å². The molecule has 0 rings (SSSR count). The molecule has 4 N–H and O–H groups in total. The Morgan fingerprint density at radius 2 is 1.10 bits per heavy atom. The number of hydrogen-bond donors (Lipinski definition) is 4. The lowest BCUT2D eigenvalue weighted by Crippen LogP contribution is -2.46. The molecule has 0 aliphatic heterocycles. The number of aliphatic hydroxyl groups is 3. The van der Waals surface area contributed by atoms with Crippen LogP contribution in [-0.2, 0) is 4.79 Å². The van der Waals surface area contributed by atoms with Crippen molar-refractivity contribution < 1.29 is 20.1 Å². The van der Waals surface area contributed by atoms with Gasteiger partial charge < -0.3 is 20.6 Å². The highest BCUT2D eigenvalue weighted by Crippen LogP contribution is 2.14. The molecule has 31 heavy (non-hydrogen) atoms. The number of rotatable bonds is 23. The van der Waals surface area contributed by atoms with Crippen LogP contribution in [0.4, 0.5) is 0 Å². The van der Waals surface area contributed by atoms with Gasteiger partial charge in [0.15, 0.2) is 0 Å². The van der Waals surface area contributed by atoms with Crippen molar-refractivity contribution >= 4 is 5.91 Å². The predicted octanol–water partition coefficient (Wildman–Crippen LogP) is 5.64. The Hall–Kier alpha value is -0.650. The van der Waals surface area contributed by atoms with Crippen molar-refractivity contribution in [2.45, 2.75) is 154 Å². The third kappa shape index (κ3) is 19.7. The van der Waals surface area contributed by atoms with E-state index in [0.717, 1.165) is 25.7 Å². The van der Waals surface area contributed by atoms with Crippen molar-refractivity contribution in [1.29, 1.82) is 0 Å². The third-order valence-corrected chi connectivity index (χ3v) is 6.17. The topological polar surface area (TPSA) is 89.8 Å². The van der Waals surface area contributed by atoms with Crippen LogP contribution in [0, 0.1) is 0 Å². The summed E-state index contributed by atoms with van der Waals surface area (Å²) in [5.74, 6) is -0.291. The minimum absolute atomic E-state index is 0.0388. The predicted molar refractivity (Wildman–Crippen MR) is 130 cm³/mol. The van der Waals surface area contributed by atoms with Gasteiger partial charge in [-0.3, -0.25) is 4.79 Å². The first-order valence-electron chi connectivity index (χ1n) is 13.3. The molecule has 0 aromatic heterocycles. The van der Waals surface area contributed by atoms with Gasteiger partial charge in [-0.05, 0) is 12.8 Å². The van der Waals surface area contributed by atoms with Crippen molar-refractivity contribution in [2.75, 3.05) is 6.61 Å². The number of aliphatic hydroxyl groups excluding tert-OH is 3. The van der Waals surface area contributed by atoms with Crippen molar-refractivity contribution in [1.82, 2.24) is 5.32 Å². The lowest BCUT2D eigenvalue weighted by atomic mass is 10.0. The first kappa shape index (κ1) is 30.4. The summed E-state index contributed by atoms with van der Waals surface area (Å²) in [6, 6.07) is -0.646. The summed E-state index contributed by atoms with van der Waals surface area (Å²) in [5.41, 5.74) is 0. The van der Waals surface area contributed by atoms with Gasteiger partial charge in [-0.2, -0.15) is 0 Å². The number of nitrogens with one attached hydrogen (secondary N) is 1. The second-order valence-electron chi connectivity index (χ2n) is 9.31. The van der Waals surface area contributed by atoms with E-state index in [1.165, 1.54) is 77.0 Å². The van der Waals surface area contributed by atoms with E-state index in [1.54, 1.807) is 0 Å². The van der Waals surface area contributed by atoms with Crippen LogP contribution in [0.3, 0.4) is 0 Å². The van der Waals surface area contributed by atoms with Crippen LogP contribution in [0.25, 0.3) is 0 Å². The van der Waals surface area contributed by atoms with E-state index in [0.29, 0.717) is 12.8 Å². The molecular weight excluding hydrogens is 390 g/mol. The normalized spacial score (nSPS) is 14.4. The SMILES string of the molecule is CCCCCCCCCCCC(O)C(CO)NC(=O)CC(O)CCCCCCCCC. The fourth-order valence-corrected chi connectivity index (χ4v) is 4.05. The monoisotopic (exact) mass is 443 g/mol. The highest BCUT2D eigenvalue weighted by Gasteiger charge is 2.21. The van der Waals surface area contributed by atoms with Gasteiger partial charge >= 0.3 is 0 Å². The van der Waals surface area contributed by atoms with Crippen LogP contribution in [0.15, 0.2) is 0 Å². The standard InChI is InChI=1S/C26H53NO4/c1-3-5-7-9-11-12-14-16-18-20-25(30)24(22-28)27-26(31)21-23(29)19-17-15-13-10-8-6-4-2/h23-25,28-30H,3-22H2,1-2H3,(H,27,31). The largest absolute Gasteiger partial charge is 0.394 e. The van der Waals surface area contributed by atoms with Gasteiger partial charge in [0.05, 0.1) is 31.3 Å². The van der Waals surface area contributed by atoms with Crippen molar-refractivity contribution in [3.8, 4) is 0 Å². The molecule has 0 fully saturated rings. The average Bonchev–Trinajstić information content (AvgIpc) is 2.75. The zero-order chi connectivity index (χ0) is 23.2. The smallest absolute Gasteiger partial charge is 0.222 e. The number of carbonyl (C=O) groups excluding carboxylic acids is 1. The molecule has 3 atom stereocenters. The fraction of sp³-hybridized carbons (Fsp3) is 0.962. The van der Waals surface area contributed by atoms with Gasteiger partial charge in [-0.25, -0.2) is 0 Å². The van der Waals surface area contributed by atoms with Crippen LogP contribution in [0.5, 0.6) is 0 Å². The minimum atomic E-state index is -0.737. The molecule has 0 spiro atoms. The summed E-state index contributed by atoms with van der Waals surface area (Å²) in [5, 5.41) is 32.7. The molecule has 0 saturated carbocycles. The summed E-state index contributed by atoms with van der Waals surface area (Å²) >= 11 is 0. The summed E-state index contributed by atoms with van der Waals surface area (Å²) < 4.78 is 0. The van der Waals surface area contributed by atoms with Gasteiger partial charge in [0.1, 0.15) is 0 Å². The maximum atomic E-state index is 12.2. The highest BCUT2D eigenvalue weighted by molar-refractivity contribution is 5.76. The Labute approximate surface area is 192 Å². The molecule has 0 aromatic rings. The van der Waals surface area contributed by atoms with Crippen molar-refractivity contribution in [2.24, 2.45) is 0 Å². The fourth-order valence-electron chi connectivity index (χ4n) is 4.05. The molecule has 0 aliphatic rings. The molecule has 1 amide bonds.